The van der Waals surface area contributed by atoms with Crippen LogP contribution in [0.15, 0.2) is 30.9 Å². The quantitative estimate of drug-likeness (QED) is 0.811. The molecule has 3 rings (SSSR count). The van der Waals surface area contributed by atoms with Gasteiger partial charge in [0.15, 0.2) is 5.82 Å². The van der Waals surface area contributed by atoms with E-state index in [1.54, 1.807) is 0 Å². The molecule has 2 aromatic heterocycles. The lowest BCUT2D eigenvalue weighted by atomic mass is 10.2. The van der Waals surface area contributed by atoms with Crippen molar-refractivity contribution in [2.24, 2.45) is 0 Å². The predicted molar refractivity (Wildman–Crippen MR) is 74.4 cm³/mol. The Morgan fingerprint density at radius 3 is 2.43 bits per heavy atom. The van der Waals surface area contributed by atoms with Gasteiger partial charge >= 0.3 is 0 Å². The molecule has 0 saturated carbocycles. The summed E-state index contributed by atoms with van der Waals surface area (Å²) in [4.78, 5) is 38.1. The third-order valence-electron chi connectivity index (χ3n) is 3.31. The van der Waals surface area contributed by atoms with Gasteiger partial charge in [0.05, 0.1) is 24.2 Å². The van der Waals surface area contributed by atoms with Gasteiger partial charge in [-0.1, -0.05) is 0 Å². The number of hydrogen-bond donors (Lipinski definition) is 0. The van der Waals surface area contributed by atoms with Gasteiger partial charge in [0.1, 0.15) is 12.4 Å². The average molecular weight is 319 g/mol. The first-order valence-corrected chi connectivity index (χ1v) is 6.72. The summed E-state index contributed by atoms with van der Waals surface area (Å²) in [5.74, 6) is -2.03. The summed E-state index contributed by atoms with van der Waals surface area (Å²) in [6, 6.07) is 1.06. The Labute approximate surface area is 129 Å². The van der Waals surface area contributed by atoms with Crippen LogP contribution in [-0.4, -0.2) is 51.3 Å². The Morgan fingerprint density at radius 2 is 1.78 bits per heavy atom. The standard InChI is InChI=1S/C14H11F2N5O2/c15-10-3-9(4-17-5-10)13(23)20-1-2-21(12(22)8-20)14-18-6-11(16)7-19-14/h3-7H,1-2,8H2. The van der Waals surface area contributed by atoms with Crippen molar-refractivity contribution < 1.29 is 18.4 Å². The van der Waals surface area contributed by atoms with Gasteiger partial charge in [-0.25, -0.2) is 18.7 Å². The molecule has 1 aliphatic rings. The zero-order valence-electron chi connectivity index (χ0n) is 11.8. The Kier molecular flexibility index (Phi) is 3.92. The molecule has 7 nitrogen and oxygen atoms in total. The highest BCUT2D eigenvalue weighted by Gasteiger charge is 2.30. The molecule has 0 atom stereocenters. The van der Waals surface area contributed by atoms with Crippen molar-refractivity contribution in [1.29, 1.82) is 0 Å². The van der Waals surface area contributed by atoms with E-state index in [0.29, 0.717) is 0 Å². The molecular weight excluding hydrogens is 308 g/mol. The van der Waals surface area contributed by atoms with Crippen LogP contribution < -0.4 is 4.90 Å². The maximum atomic E-state index is 13.1. The van der Waals surface area contributed by atoms with Crippen molar-refractivity contribution in [2.75, 3.05) is 24.5 Å². The van der Waals surface area contributed by atoms with Crippen LogP contribution in [0.3, 0.4) is 0 Å². The van der Waals surface area contributed by atoms with Crippen molar-refractivity contribution >= 4 is 17.8 Å². The van der Waals surface area contributed by atoms with Crippen molar-refractivity contribution in [3.63, 3.8) is 0 Å². The number of amides is 2. The molecule has 9 heteroatoms. The second-order valence-corrected chi connectivity index (χ2v) is 4.87. The molecule has 1 fully saturated rings. The van der Waals surface area contributed by atoms with E-state index in [-0.39, 0.29) is 31.1 Å². The predicted octanol–water partition coefficient (Wildman–Crippen LogP) is 0.639. The van der Waals surface area contributed by atoms with Crippen molar-refractivity contribution in [2.45, 2.75) is 0 Å². The summed E-state index contributed by atoms with van der Waals surface area (Å²) in [6.07, 6.45) is 4.16. The van der Waals surface area contributed by atoms with Crippen LogP contribution in [-0.2, 0) is 4.79 Å². The molecule has 0 radical (unpaired) electrons. The summed E-state index contributed by atoms with van der Waals surface area (Å²) in [5.41, 5.74) is 0.0734. The summed E-state index contributed by atoms with van der Waals surface area (Å²) in [5, 5.41) is 0. The molecule has 3 heterocycles. The molecule has 0 N–H and O–H groups in total. The van der Waals surface area contributed by atoms with Gasteiger partial charge in [0.25, 0.3) is 5.91 Å². The maximum absolute atomic E-state index is 13.1. The van der Waals surface area contributed by atoms with Crippen LogP contribution in [0.2, 0.25) is 0 Å². The number of nitrogens with zero attached hydrogens (tertiary/aromatic N) is 5. The molecule has 0 unspecified atom stereocenters. The summed E-state index contributed by atoms with van der Waals surface area (Å²) in [7, 11) is 0. The van der Waals surface area contributed by atoms with E-state index in [1.165, 1.54) is 16.0 Å². The summed E-state index contributed by atoms with van der Waals surface area (Å²) >= 11 is 0. The van der Waals surface area contributed by atoms with E-state index >= 15 is 0 Å². The first kappa shape index (κ1) is 14.9. The van der Waals surface area contributed by atoms with Gasteiger partial charge in [0.2, 0.25) is 11.9 Å². The lowest BCUT2D eigenvalue weighted by Gasteiger charge is -2.32. The molecule has 118 valence electrons. The minimum atomic E-state index is -0.625. The monoisotopic (exact) mass is 319 g/mol. The zero-order chi connectivity index (χ0) is 16.4. The van der Waals surface area contributed by atoms with Gasteiger partial charge < -0.3 is 4.90 Å². The minimum absolute atomic E-state index is 0.0734. The molecule has 1 saturated heterocycles. The first-order chi connectivity index (χ1) is 11.0. The fraction of sp³-hybridized carbons (Fsp3) is 0.214. The number of carbonyl (C=O) groups is 2. The number of pyridine rings is 1. The number of rotatable bonds is 2. The smallest absolute Gasteiger partial charge is 0.256 e. The van der Waals surface area contributed by atoms with E-state index in [9.17, 15) is 18.4 Å². The third kappa shape index (κ3) is 3.12. The fourth-order valence-electron chi connectivity index (χ4n) is 2.21. The van der Waals surface area contributed by atoms with Crippen molar-refractivity contribution in [3.8, 4) is 0 Å². The van der Waals surface area contributed by atoms with E-state index in [0.717, 1.165) is 24.7 Å². The van der Waals surface area contributed by atoms with E-state index in [4.69, 9.17) is 0 Å². The molecule has 0 aliphatic carbocycles. The lowest BCUT2D eigenvalue weighted by Crippen LogP contribution is -2.53. The number of hydrogen-bond acceptors (Lipinski definition) is 5. The summed E-state index contributed by atoms with van der Waals surface area (Å²) < 4.78 is 26.0. The topological polar surface area (TPSA) is 79.3 Å². The Hall–Kier alpha value is -2.97. The SMILES string of the molecule is O=C(c1cncc(F)c1)N1CCN(c2ncc(F)cn2)C(=O)C1. The third-order valence-corrected chi connectivity index (χ3v) is 3.31. The molecule has 2 amide bonds. The number of anilines is 1. The number of piperazine rings is 1. The molecule has 23 heavy (non-hydrogen) atoms. The van der Waals surface area contributed by atoms with Gasteiger partial charge in [0, 0.05) is 19.3 Å². The highest BCUT2D eigenvalue weighted by molar-refractivity contribution is 6.00. The van der Waals surface area contributed by atoms with Crippen LogP contribution >= 0.6 is 0 Å². The normalized spacial score (nSPS) is 15.0. The molecule has 0 aromatic carbocycles. The lowest BCUT2D eigenvalue weighted by molar-refractivity contribution is -0.120. The fourth-order valence-corrected chi connectivity index (χ4v) is 2.21. The average Bonchev–Trinajstić information content (AvgIpc) is 2.55. The Morgan fingerprint density at radius 1 is 1.04 bits per heavy atom. The van der Waals surface area contributed by atoms with Crippen LogP contribution in [0.25, 0.3) is 0 Å². The molecule has 1 aliphatic heterocycles. The van der Waals surface area contributed by atoms with Gasteiger partial charge in [-0.15, -0.1) is 0 Å². The van der Waals surface area contributed by atoms with Crippen LogP contribution in [0.5, 0.6) is 0 Å². The molecule has 2 aromatic rings. The number of carbonyl (C=O) groups excluding carboxylic acids is 2. The highest BCUT2D eigenvalue weighted by atomic mass is 19.1. The maximum Gasteiger partial charge on any atom is 0.256 e. The van der Waals surface area contributed by atoms with Crippen LogP contribution in [0.1, 0.15) is 10.4 Å². The van der Waals surface area contributed by atoms with E-state index in [2.05, 4.69) is 15.0 Å². The van der Waals surface area contributed by atoms with E-state index in [1.807, 2.05) is 0 Å². The summed E-state index contributed by atoms with van der Waals surface area (Å²) in [6.45, 7) is 0.191. The van der Waals surface area contributed by atoms with Gasteiger partial charge in [-0.2, -0.15) is 0 Å². The first-order valence-electron chi connectivity index (χ1n) is 6.72. The Balaban J connectivity index is 1.72. The zero-order valence-corrected chi connectivity index (χ0v) is 11.8. The highest BCUT2D eigenvalue weighted by Crippen LogP contribution is 2.14. The largest absolute Gasteiger partial charge is 0.327 e. The molecule has 0 bridgehead atoms. The number of halogens is 2. The van der Waals surface area contributed by atoms with Gasteiger partial charge in [-0.05, 0) is 6.07 Å². The minimum Gasteiger partial charge on any atom is -0.327 e. The van der Waals surface area contributed by atoms with Crippen LogP contribution in [0, 0.1) is 11.6 Å². The van der Waals surface area contributed by atoms with Crippen molar-refractivity contribution in [3.05, 3.63) is 48.1 Å². The molecule has 0 spiro atoms. The second-order valence-electron chi connectivity index (χ2n) is 4.87. The van der Waals surface area contributed by atoms with Crippen molar-refractivity contribution in [1.82, 2.24) is 19.9 Å². The van der Waals surface area contributed by atoms with E-state index < -0.39 is 23.4 Å². The number of aromatic nitrogens is 3. The second kappa shape index (κ2) is 6.03. The molecular formula is C14H11F2N5O2. The van der Waals surface area contributed by atoms with Crippen LogP contribution in [0.4, 0.5) is 14.7 Å². The van der Waals surface area contributed by atoms with Gasteiger partial charge in [-0.3, -0.25) is 19.5 Å². The Bertz CT molecular complexity index is 753.